The SMILES string of the molecule is CC(C)(C)NCC1CCN(CCC(F)(F)F)CC1. The molecule has 18 heavy (non-hydrogen) atoms. The molecule has 1 aliphatic heterocycles. The summed E-state index contributed by atoms with van der Waals surface area (Å²) < 4.78 is 36.3. The highest BCUT2D eigenvalue weighted by atomic mass is 19.4. The Hall–Kier alpha value is -0.290. The molecule has 1 rings (SSSR count). The molecule has 1 fully saturated rings. The second-order valence-electron chi connectivity index (χ2n) is 6.28. The number of rotatable bonds is 4. The van der Waals surface area contributed by atoms with Crippen molar-refractivity contribution in [2.45, 2.75) is 51.7 Å². The first-order chi connectivity index (χ1) is 8.16. The Balaban J connectivity index is 2.17. The summed E-state index contributed by atoms with van der Waals surface area (Å²) >= 11 is 0. The Morgan fingerprint density at radius 1 is 1.11 bits per heavy atom. The van der Waals surface area contributed by atoms with Crippen LogP contribution in [0.15, 0.2) is 0 Å². The smallest absolute Gasteiger partial charge is 0.312 e. The third-order valence-corrected chi connectivity index (χ3v) is 3.34. The molecule has 0 atom stereocenters. The van der Waals surface area contributed by atoms with Crippen LogP contribution in [0.3, 0.4) is 0 Å². The minimum Gasteiger partial charge on any atom is -0.312 e. The molecule has 0 unspecified atom stereocenters. The maximum atomic E-state index is 12.1. The van der Waals surface area contributed by atoms with Gasteiger partial charge in [0.2, 0.25) is 0 Å². The quantitative estimate of drug-likeness (QED) is 0.841. The van der Waals surface area contributed by atoms with Gasteiger partial charge in [-0.15, -0.1) is 0 Å². The molecule has 108 valence electrons. The van der Waals surface area contributed by atoms with Crippen molar-refractivity contribution in [3.63, 3.8) is 0 Å². The fraction of sp³-hybridized carbons (Fsp3) is 1.00. The van der Waals surface area contributed by atoms with Crippen LogP contribution in [-0.4, -0.2) is 42.8 Å². The van der Waals surface area contributed by atoms with Gasteiger partial charge in [0.05, 0.1) is 6.42 Å². The van der Waals surface area contributed by atoms with E-state index >= 15 is 0 Å². The van der Waals surface area contributed by atoms with E-state index in [0.29, 0.717) is 5.92 Å². The highest BCUT2D eigenvalue weighted by molar-refractivity contribution is 4.78. The highest BCUT2D eigenvalue weighted by Gasteiger charge is 2.29. The van der Waals surface area contributed by atoms with Crippen molar-refractivity contribution in [2.75, 3.05) is 26.2 Å². The second kappa shape index (κ2) is 6.24. The zero-order valence-corrected chi connectivity index (χ0v) is 11.6. The van der Waals surface area contributed by atoms with Gasteiger partial charge in [0.15, 0.2) is 0 Å². The van der Waals surface area contributed by atoms with E-state index in [1.165, 1.54) is 0 Å². The lowest BCUT2D eigenvalue weighted by molar-refractivity contribution is -0.138. The molecular formula is C13H25F3N2. The zero-order chi connectivity index (χ0) is 13.8. The van der Waals surface area contributed by atoms with Crippen LogP contribution in [-0.2, 0) is 0 Å². The minimum atomic E-state index is -4.02. The average Bonchev–Trinajstić information content (AvgIpc) is 2.23. The fourth-order valence-electron chi connectivity index (χ4n) is 2.15. The van der Waals surface area contributed by atoms with Crippen molar-refractivity contribution >= 4 is 0 Å². The molecule has 1 N–H and O–H groups in total. The molecule has 0 aliphatic carbocycles. The van der Waals surface area contributed by atoms with Gasteiger partial charge < -0.3 is 10.2 Å². The van der Waals surface area contributed by atoms with E-state index in [9.17, 15) is 13.2 Å². The Bertz CT molecular complexity index is 212. The first-order valence-corrected chi connectivity index (χ1v) is 6.70. The molecule has 0 radical (unpaired) electrons. The summed E-state index contributed by atoms with van der Waals surface area (Å²) in [7, 11) is 0. The number of piperidine rings is 1. The third kappa shape index (κ3) is 7.21. The van der Waals surface area contributed by atoms with E-state index in [-0.39, 0.29) is 12.1 Å². The van der Waals surface area contributed by atoms with Crippen molar-refractivity contribution in [2.24, 2.45) is 5.92 Å². The molecule has 0 spiro atoms. The van der Waals surface area contributed by atoms with Crippen molar-refractivity contribution in [3.05, 3.63) is 0 Å². The molecule has 0 aromatic carbocycles. The molecule has 0 aromatic rings. The molecule has 1 aliphatic rings. The predicted octanol–water partition coefficient (Wildman–Crippen LogP) is 3.04. The number of hydrogen-bond acceptors (Lipinski definition) is 2. The number of likely N-dealkylation sites (tertiary alicyclic amines) is 1. The lowest BCUT2D eigenvalue weighted by Gasteiger charge is -2.33. The molecule has 1 saturated heterocycles. The van der Waals surface area contributed by atoms with Gasteiger partial charge in [0.25, 0.3) is 0 Å². The molecule has 1 heterocycles. The molecule has 0 saturated carbocycles. The van der Waals surface area contributed by atoms with Crippen LogP contribution in [0.4, 0.5) is 13.2 Å². The summed E-state index contributed by atoms with van der Waals surface area (Å²) in [6.07, 6.45) is -2.70. The minimum absolute atomic E-state index is 0.118. The van der Waals surface area contributed by atoms with Gasteiger partial charge in [0, 0.05) is 12.1 Å². The summed E-state index contributed by atoms with van der Waals surface area (Å²) in [5, 5.41) is 3.46. The van der Waals surface area contributed by atoms with Crippen molar-refractivity contribution < 1.29 is 13.2 Å². The molecular weight excluding hydrogens is 241 g/mol. The van der Waals surface area contributed by atoms with Crippen LogP contribution >= 0.6 is 0 Å². The Labute approximate surface area is 108 Å². The number of alkyl halides is 3. The number of hydrogen-bond donors (Lipinski definition) is 1. The Kier molecular flexibility index (Phi) is 5.46. The van der Waals surface area contributed by atoms with Gasteiger partial charge in [-0.3, -0.25) is 0 Å². The largest absolute Gasteiger partial charge is 0.390 e. The van der Waals surface area contributed by atoms with E-state index in [4.69, 9.17) is 0 Å². The van der Waals surface area contributed by atoms with Crippen LogP contribution in [0.5, 0.6) is 0 Å². The van der Waals surface area contributed by atoms with Gasteiger partial charge in [-0.2, -0.15) is 13.2 Å². The molecule has 0 bridgehead atoms. The first kappa shape index (κ1) is 15.8. The van der Waals surface area contributed by atoms with Crippen LogP contribution in [0, 0.1) is 5.92 Å². The van der Waals surface area contributed by atoms with Crippen LogP contribution < -0.4 is 5.32 Å². The van der Waals surface area contributed by atoms with E-state index < -0.39 is 12.6 Å². The molecule has 5 heteroatoms. The summed E-state index contributed by atoms with van der Waals surface area (Å²) in [4.78, 5) is 1.93. The van der Waals surface area contributed by atoms with Gasteiger partial charge in [-0.05, 0) is 59.2 Å². The summed E-state index contributed by atoms with van der Waals surface area (Å²) in [5.74, 6) is 0.603. The zero-order valence-electron chi connectivity index (χ0n) is 11.6. The number of halogens is 3. The summed E-state index contributed by atoms with van der Waals surface area (Å²) in [6.45, 7) is 9.11. The summed E-state index contributed by atoms with van der Waals surface area (Å²) in [6, 6.07) is 0. The van der Waals surface area contributed by atoms with Crippen LogP contribution in [0.1, 0.15) is 40.0 Å². The molecule has 0 aromatic heterocycles. The third-order valence-electron chi connectivity index (χ3n) is 3.34. The standard InChI is InChI=1S/C13H25F3N2/c1-12(2,3)17-10-11-4-7-18(8-5-11)9-6-13(14,15)16/h11,17H,4-10H2,1-3H3. The van der Waals surface area contributed by atoms with Gasteiger partial charge in [-0.1, -0.05) is 0 Å². The van der Waals surface area contributed by atoms with E-state index in [2.05, 4.69) is 26.1 Å². The van der Waals surface area contributed by atoms with Crippen molar-refractivity contribution in [1.29, 1.82) is 0 Å². The molecule has 2 nitrogen and oxygen atoms in total. The van der Waals surface area contributed by atoms with E-state index in [1.807, 2.05) is 4.90 Å². The van der Waals surface area contributed by atoms with Gasteiger partial charge >= 0.3 is 6.18 Å². The second-order valence-corrected chi connectivity index (χ2v) is 6.28. The molecule has 0 amide bonds. The van der Waals surface area contributed by atoms with Crippen molar-refractivity contribution in [3.8, 4) is 0 Å². The van der Waals surface area contributed by atoms with E-state index in [1.54, 1.807) is 0 Å². The van der Waals surface area contributed by atoms with Gasteiger partial charge in [-0.25, -0.2) is 0 Å². The lowest BCUT2D eigenvalue weighted by Crippen LogP contribution is -2.43. The van der Waals surface area contributed by atoms with Crippen molar-refractivity contribution in [1.82, 2.24) is 10.2 Å². The fourth-order valence-corrected chi connectivity index (χ4v) is 2.15. The normalized spacial score (nSPS) is 20.3. The lowest BCUT2D eigenvalue weighted by atomic mass is 9.95. The monoisotopic (exact) mass is 266 g/mol. The van der Waals surface area contributed by atoms with E-state index in [0.717, 1.165) is 32.5 Å². The topological polar surface area (TPSA) is 15.3 Å². The van der Waals surface area contributed by atoms with Crippen LogP contribution in [0.25, 0.3) is 0 Å². The average molecular weight is 266 g/mol. The highest BCUT2D eigenvalue weighted by Crippen LogP contribution is 2.22. The maximum Gasteiger partial charge on any atom is 0.390 e. The predicted molar refractivity (Wildman–Crippen MR) is 67.6 cm³/mol. The Morgan fingerprint density at radius 2 is 1.67 bits per heavy atom. The number of nitrogens with one attached hydrogen (secondary N) is 1. The first-order valence-electron chi connectivity index (χ1n) is 6.70. The van der Waals surface area contributed by atoms with Gasteiger partial charge in [0.1, 0.15) is 0 Å². The Morgan fingerprint density at radius 3 is 2.11 bits per heavy atom. The van der Waals surface area contributed by atoms with Crippen LogP contribution in [0.2, 0.25) is 0 Å². The summed E-state index contributed by atoms with van der Waals surface area (Å²) in [5.41, 5.74) is 0.118. The number of nitrogens with zero attached hydrogens (tertiary/aromatic N) is 1. The maximum absolute atomic E-state index is 12.1.